The van der Waals surface area contributed by atoms with Gasteiger partial charge in [0.15, 0.2) is 0 Å². The Hall–Kier alpha value is -3.46. The van der Waals surface area contributed by atoms with Crippen molar-refractivity contribution in [3.63, 3.8) is 0 Å². The summed E-state index contributed by atoms with van der Waals surface area (Å²) in [7, 11) is -4.12. The zero-order valence-corrected chi connectivity index (χ0v) is 16.7. The Bertz CT molecular complexity index is 1180. The minimum atomic E-state index is -4.12. The van der Waals surface area contributed by atoms with E-state index in [1.807, 2.05) is 0 Å². The number of carbonyl (C=O) groups excluding carboxylic acids is 1. The fraction of sp³-hybridized carbons (Fsp3) is 0.0952. The molecule has 0 saturated carbocycles. The van der Waals surface area contributed by atoms with Crippen molar-refractivity contribution >= 4 is 27.3 Å². The van der Waals surface area contributed by atoms with Crippen molar-refractivity contribution in [1.29, 1.82) is 0 Å². The van der Waals surface area contributed by atoms with Gasteiger partial charge in [-0.1, -0.05) is 24.3 Å². The summed E-state index contributed by atoms with van der Waals surface area (Å²) in [5, 5.41) is 2.23. The van der Waals surface area contributed by atoms with Crippen LogP contribution in [0.3, 0.4) is 0 Å². The summed E-state index contributed by atoms with van der Waals surface area (Å²) in [5.74, 6) is -2.27. The first-order valence-electron chi connectivity index (χ1n) is 8.92. The fourth-order valence-corrected chi connectivity index (χ4v) is 3.72. The first kappa shape index (κ1) is 21.3. The number of para-hydroxylation sites is 2. The van der Waals surface area contributed by atoms with Crippen molar-refractivity contribution in [2.75, 3.05) is 16.6 Å². The maximum atomic E-state index is 14.5. The number of hydrogen-bond acceptors (Lipinski definition) is 4. The topological polar surface area (TPSA) is 84.5 Å². The standard InChI is InChI=1S/C21H18F2N2O4S/c1-2-29-20-10-6-5-9-19(20)25-30(27,28)14-11-12-18(17(23)13-14)24-21(26)15-7-3-4-8-16(15)22/h3-13,25H,2H2,1H3,(H,24,26). The van der Waals surface area contributed by atoms with E-state index < -0.39 is 27.6 Å². The number of sulfonamides is 1. The van der Waals surface area contributed by atoms with Crippen LogP contribution < -0.4 is 14.8 Å². The van der Waals surface area contributed by atoms with Crippen LogP contribution in [0.15, 0.2) is 71.6 Å². The van der Waals surface area contributed by atoms with E-state index in [2.05, 4.69) is 10.0 Å². The summed E-state index contributed by atoms with van der Waals surface area (Å²) >= 11 is 0. The second-order valence-corrected chi connectivity index (χ2v) is 7.79. The minimum Gasteiger partial charge on any atom is -0.492 e. The van der Waals surface area contributed by atoms with Crippen LogP contribution in [0, 0.1) is 11.6 Å². The van der Waals surface area contributed by atoms with Crippen molar-refractivity contribution < 1.29 is 26.7 Å². The van der Waals surface area contributed by atoms with Gasteiger partial charge in [0, 0.05) is 0 Å². The lowest BCUT2D eigenvalue weighted by Crippen LogP contribution is -2.16. The van der Waals surface area contributed by atoms with Gasteiger partial charge in [-0.05, 0) is 49.4 Å². The molecule has 3 aromatic carbocycles. The molecule has 9 heteroatoms. The van der Waals surface area contributed by atoms with Crippen molar-refractivity contribution in [2.24, 2.45) is 0 Å². The number of carbonyl (C=O) groups is 1. The Morgan fingerprint density at radius 2 is 1.63 bits per heavy atom. The van der Waals surface area contributed by atoms with Gasteiger partial charge in [-0.15, -0.1) is 0 Å². The predicted octanol–water partition coefficient (Wildman–Crippen LogP) is 4.42. The Morgan fingerprint density at radius 1 is 0.933 bits per heavy atom. The molecule has 30 heavy (non-hydrogen) atoms. The highest BCUT2D eigenvalue weighted by atomic mass is 32.2. The highest BCUT2D eigenvalue weighted by Gasteiger charge is 2.20. The third-order valence-electron chi connectivity index (χ3n) is 4.05. The number of hydrogen-bond donors (Lipinski definition) is 2. The fourth-order valence-electron chi connectivity index (χ4n) is 2.64. The first-order valence-corrected chi connectivity index (χ1v) is 10.4. The number of amides is 1. The van der Waals surface area contributed by atoms with E-state index in [9.17, 15) is 22.0 Å². The molecule has 0 unspecified atom stereocenters. The van der Waals surface area contributed by atoms with Crippen molar-refractivity contribution in [2.45, 2.75) is 11.8 Å². The molecule has 0 aliphatic carbocycles. The molecule has 0 aliphatic heterocycles. The summed E-state index contributed by atoms with van der Waals surface area (Å²) in [4.78, 5) is 11.8. The van der Waals surface area contributed by atoms with Gasteiger partial charge in [-0.3, -0.25) is 9.52 Å². The number of nitrogens with one attached hydrogen (secondary N) is 2. The summed E-state index contributed by atoms with van der Waals surface area (Å²) in [6, 6.07) is 14.7. The van der Waals surface area contributed by atoms with Crippen LogP contribution in [0.4, 0.5) is 20.2 Å². The molecule has 0 aromatic heterocycles. The largest absolute Gasteiger partial charge is 0.492 e. The second kappa shape index (κ2) is 8.91. The van der Waals surface area contributed by atoms with Gasteiger partial charge in [0.05, 0.1) is 28.4 Å². The number of halogens is 2. The molecular formula is C21H18F2N2O4S. The van der Waals surface area contributed by atoms with Crippen molar-refractivity contribution in [1.82, 2.24) is 0 Å². The zero-order valence-electron chi connectivity index (χ0n) is 15.9. The smallest absolute Gasteiger partial charge is 0.262 e. The lowest BCUT2D eigenvalue weighted by Gasteiger charge is -2.13. The van der Waals surface area contributed by atoms with Crippen LogP contribution in [0.25, 0.3) is 0 Å². The molecule has 3 aromatic rings. The van der Waals surface area contributed by atoms with Crippen LogP contribution in [-0.4, -0.2) is 20.9 Å². The van der Waals surface area contributed by atoms with Gasteiger partial charge in [0.25, 0.3) is 15.9 Å². The van der Waals surface area contributed by atoms with Gasteiger partial charge in [-0.25, -0.2) is 17.2 Å². The number of anilines is 2. The molecule has 3 rings (SSSR count). The Kier molecular flexibility index (Phi) is 6.31. The van der Waals surface area contributed by atoms with Crippen LogP contribution >= 0.6 is 0 Å². The third-order valence-corrected chi connectivity index (χ3v) is 5.41. The summed E-state index contributed by atoms with van der Waals surface area (Å²) in [5.41, 5.74) is -0.337. The van der Waals surface area contributed by atoms with E-state index in [1.165, 1.54) is 24.3 Å². The maximum absolute atomic E-state index is 14.5. The highest BCUT2D eigenvalue weighted by Crippen LogP contribution is 2.28. The third kappa shape index (κ3) is 4.74. The average molecular weight is 432 g/mol. The molecule has 0 saturated heterocycles. The van der Waals surface area contributed by atoms with E-state index in [0.717, 1.165) is 24.3 Å². The predicted molar refractivity (Wildman–Crippen MR) is 109 cm³/mol. The summed E-state index contributed by atoms with van der Waals surface area (Å²) in [6.45, 7) is 2.10. The van der Waals surface area contributed by atoms with E-state index in [1.54, 1.807) is 25.1 Å². The van der Waals surface area contributed by atoms with E-state index >= 15 is 0 Å². The van der Waals surface area contributed by atoms with Crippen LogP contribution in [0.1, 0.15) is 17.3 Å². The van der Waals surface area contributed by atoms with E-state index in [-0.39, 0.29) is 21.8 Å². The van der Waals surface area contributed by atoms with Gasteiger partial charge in [0.1, 0.15) is 17.4 Å². The zero-order chi connectivity index (χ0) is 21.7. The number of rotatable bonds is 7. The molecule has 0 radical (unpaired) electrons. The SMILES string of the molecule is CCOc1ccccc1NS(=O)(=O)c1ccc(NC(=O)c2ccccc2F)c(F)c1. The Balaban J connectivity index is 1.82. The van der Waals surface area contributed by atoms with Crippen molar-refractivity contribution in [3.05, 3.63) is 83.9 Å². The maximum Gasteiger partial charge on any atom is 0.262 e. The molecule has 0 heterocycles. The molecule has 1 amide bonds. The molecule has 6 nitrogen and oxygen atoms in total. The molecule has 156 valence electrons. The molecule has 0 aliphatic rings. The number of ether oxygens (including phenoxy) is 1. The molecule has 0 fully saturated rings. The quantitative estimate of drug-likeness (QED) is 0.579. The number of benzene rings is 3. The van der Waals surface area contributed by atoms with Gasteiger partial charge in [-0.2, -0.15) is 0 Å². The molecule has 0 spiro atoms. The van der Waals surface area contributed by atoms with Crippen LogP contribution in [-0.2, 0) is 10.0 Å². The molecular weight excluding hydrogens is 414 g/mol. The highest BCUT2D eigenvalue weighted by molar-refractivity contribution is 7.92. The normalized spacial score (nSPS) is 11.0. The van der Waals surface area contributed by atoms with Crippen molar-refractivity contribution in [3.8, 4) is 5.75 Å². The molecule has 2 N–H and O–H groups in total. The second-order valence-electron chi connectivity index (χ2n) is 6.11. The summed E-state index contributed by atoms with van der Waals surface area (Å²) in [6.07, 6.45) is 0. The Labute approximate surface area is 172 Å². The monoisotopic (exact) mass is 432 g/mol. The molecule has 0 bridgehead atoms. The van der Waals surface area contributed by atoms with E-state index in [4.69, 9.17) is 4.74 Å². The van der Waals surface area contributed by atoms with Gasteiger partial charge < -0.3 is 10.1 Å². The van der Waals surface area contributed by atoms with Crippen LogP contribution in [0.2, 0.25) is 0 Å². The average Bonchev–Trinajstić information content (AvgIpc) is 2.71. The minimum absolute atomic E-state index is 0.205. The lowest BCUT2D eigenvalue weighted by molar-refractivity contribution is 0.102. The molecule has 0 atom stereocenters. The summed E-state index contributed by atoms with van der Waals surface area (Å²) < 4.78 is 61.2. The van der Waals surface area contributed by atoms with Crippen LogP contribution in [0.5, 0.6) is 5.75 Å². The van der Waals surface area contributed by atoms with E-state index in [0.29, 0.717) is 12.4 Å². The lowest BCUT2D eigenvalue weighted by atomic mass is 10.2. The first-order chi connectivity index (χ1) is 14.3. The van der Waals surface area contributed by atoms with Gasteiger partial charge >= 0.3 is 0 Å². The van der Waals surface area contributed by atoms with Gasteiger partial charge in [0.2, 0.25) is 0 Å². The Morgan fingerprint density at radius 3 is 2.33 bits per heavy atom.